The molecule has 4 heteroatoms. The summed E-state index contributed by atoms with van der Waals surface area (Å²) in [6.45, 7) is 6.23. The monoisotopic (exact) mass is 293 g/mol. The lowest BCUT2D eigenvalue weighted by atomic mass is 10.1. The molecule has 0 radical (unpaired) electrons. The number of fused-ring (bicyclic) bond motifs is 1. The number of para-hydroxylation sites is 2. The van der Waals surface area contributed by atoms with Gasteiger partial charge >= 0.3 is 0 Å². The Morgan fingerprint density at radius 3 is 2.68 bits per heavy atom. The van der Waals surface area contributed by atoms with Gasteiger partial charge in [-0.15, -0.1) is 0 Å². The van der Waals surface area contributed by atoms with Gasteiger partial charge in [0.05, 0.1) is 11.0 Å². The van der Waals surface area contributed by atoms with Crippen LogP contribution in [0.1, 0.15) is 17.0 Å². The fraction of sp³-hybridized carbons (Fsp3) is 0.222. The maximum Gasteiger partial charge on any atom is 0.244 e. The van der Waals surface area contributed by atoms with Gasteiger partial charge in [-0.2, -0.15) is 0 Å². The normalized spacial score (nSPS) is 10.9. The molecule has 0 saturated carbocycles. The van der Waals surface area contributed by atoms with Crippen LogP contribution in [-0.4, -0.2) is 15.5 Å². The van der Waals surface area contributed by atoms with Gasteiger partial charge < -0.3 is 9.88 Å². The van der Waals surface area contributed by atoms with E-state index in [2.05, 4.69) is 16.4 Å². The van der Waals surface area contributed by atoms with E-state index in [-0.39, 0.29) is 12.5 Å². The third-order valence-corrected chi connectivity index (χ3v) is 3.80. The quantitative estimate of drug-likeness (QED) is 0.802. The molecule has 0 aliphatic rings. The van der Waals surface area contributed by atoms with Crippen molar-refractivity contribution in [3.63, 3.8) is 0 Å². The number of anilines is 1. The van der Waals surface area contributed by atoms with E-state index in [9.17, 15) is 4.79 Å². The maximum atomic E-state index is 12.4. The molecule has 0 bridgehead atoms. The first kappa shape index (κ1) is 14.3. The molecule has 22 heavy (non-hydrogen) atoms. The van der Waals surface area contributed by atoms with Gasteiger partial charge in [0.15, 0.2) is 0 Å². The summed E-state index contributed by atoms with van der Waals surface area (Å²) >= 11 is 0. The van der Waals surface area contributed by atoms with Crippen molar-refractivity contribution in [2.75, 3.05) is 5.32 Å². The molecule has 1 amide bonds. The molecule has 1 aromatic heterocycles. The van der Waals surface area contributed by atoms with Crippen LogP contribution in [-0.2, 0) is 11.3 Å². The van der Waals surface area contributed by atoms with Crippen molar-refractivity contribution >= 4 is 22.6 Å². The molecular formula is C18H19N3O. The molecule has 0 aliphatic carbocycles. The Labute approximate surface area is 129 Å². The van der Waals surface area contributed by atoms with E-state index in [1.807, 2.05) is 61.7 Å². The number of carbonyl (C=O) groups is 1. The Bertz CT molecular complexity index is 849. The number of imidazole rings is 1. The van der Waals surface area contributed by atoms with Gasteiger partial charge in [-0.3, -0.25) is 4.79 Å². The molecule has 0 saturated heterocycles. The Hall–Kier alpha value is -2.62. The molecule has 112 valence electrons. The van der Waals surface area contributed by atoms with E-state index < -0.39 is 0 Å². The lowest BCUT2D eigenvalue weighted by molar-refractivity contribution is -0.116. The minimum atomic E-state index is -0.0433. The zero-order valence-corrected chi connectivity index (χ0v) is 13.1. The van der Waals surface area contributed by atoms with Crippen molar-refractivity contribution < 1.29 is 4.79 Å². The molecule has 0 fully saturated rings. The number of carbonyl (C=O) groups excluding carboxylic acids is 1. The van der Waals surface area contributed by atoms with E-state index in [4.69, 9.17) is 0 Å². The van der Waals surface area contributed by atoms with Crippen LogP contribution in [0.2, 0.25) is 0 Å². The molecule has 0 spiro atoms. The smallest absolute Gasteiger partial charge is 0.244 e. The van der Waals surface area contributed by atoms with E-state index in [0.717, 1.165) is 28.1 Å². The second-order valence-corrected chi connectivity index (χ2v) is 5.60. The summed E-state index contributed by atoms with van der Waals surface area (Å²) in [5, 5.41) is 2.98. The molecule has 0 aliphatic heterocycles. The number of nitrogens with one attached hydrogen (secondary N) is 1. The summed E-state index contributed by atoms with van der Waals surface area (Å²) in [6, 6.07) is 13.9. The molecule has 4 nitrogen and oxygen atoms in total. The molecule has 1 heterocycles. The van der Waals surface area contributed by atoms with Crippen LogP contribution in [0, 0.1) is 20.8 Å². The van der Waals surface area contributed by atoms with Gasteiger partial charge in [0.25, 0.3) is 0 Å². The van der Waals surface area contributed by atoms with Crippen molar-refractivity contribution in [3.05, 3.63) is 59.4 Å². The van der Waals surface area contributed by atoms with E-state index in [1.54, 1.807) is 0 Å². The van der Waals surface area contributed by atoms with Crippen LogP contribution in [0.3, 0.4) is 0 Å². The number of rotatable bonds is 3. The minimum Gasteiger partial charge on any atom is -0.324 e. The number of benzene rings is 2. The van der Waals surface area contributed by atoms with E-state index in [1.165, 1.54) is 5.56 Å². The van der Waals surface area contributed by atoms with Gasteiger partial charge in [-0.1, -0.05) is 29.8 Å². The zero-order chi connectivity index (χ0) is 15.7. The Balaban J connectivity index is 1.83. The lowest BCUT2D eigenvalue weighted by Crippen LogP contribution is -2.20. The van der Waals surface area contributed by atoms with Crippen molar-refractivity contribution in [2.45, 2.75) is 27.3 Å². The van der Waals surface area contributed by atoms with Crippen LogP contribution in [0.25, 0.3) is 11.0 Å². The first-order valence-electron chi connectivity index (χ1n) is 7.33. The highest BCUT2D eigenvalue weighted by molar-refractivity contribution is 5.92. The third kappa shape index (κ3) is 2.72. The van der Waals surface area contributed by atoms with Crippen molar-refractivity contribution in [3.8, 4) is 0 Å². The summed E-state index contributed by atoms with van der Waals surface area (Å²) in [4.78, 5) is 16.8. The Kier molecular flexibility index (Phi) is 3.67. The second kappa shape index (κ2) is 5.64. The standard InChI is InChI=1S/C18H19N3O/c1-12-8-9-15(13(2)10-12)20-18(22)11-21-14(3)19-16-6-4-5-7-17(16)21/h4-10H,11H2,1-3H3,(H,20,22). The SMILES string of the molecule is Cc1ccc(NC(=O)Cn2c(C)nc3ccccc32)c(C)c1. The van der Waals surface area contributed by atoms with Crippen molar-refractivity contribution in [1.29, 1.82) is 0 Å². The average Bonchev–Trinajstić information content (AvgIpc) is 2.78. The fourth-order valence-corrected chi connectivity index (χ4v) is 2.68. The number of hydrogen-bond acceptors (Lipinski definition) is 2. The zero-order valence-electron chi connectivity index (χ0n) is 13.1. The average molecular weight is 293 g/mol. The number of aryl methyl sites for hydroxylation is 3. The minimum absolute atomic E-state index is 0.0433. The largest absolute Gasteiger partial charge is 0.324 e. The molecule has 1 N–H and O–H groups in total. The number of nitrogens with zero attached hydrogens (tertiary/aromatic N) is 2. The van der Waals surface area contributed by atoms with Crippen LogP contribution in [0.5, 0.6) is 0 Å². The second-order valence-electron chi connectivity index (χ2n) is 5.60. The molecule has 0 atom stereocenters. The van der Waals surface area contributed by atoms with E-state index >= 15 is 0 Å². The number of aromatic nitrogens is 2. The van der Waals surface area contributed by atoms with Gasteiger partial charge in [0, 0.05) is 5.69 Å². The van der Waals surface area contributed by atoms with Gasteiger partial charge in [0.1, 0.15) is 12.4 Å². The summed E-state index contributed by atoms with van der Waals surface area (Å²) in [7, 11) is 0. The van der Waals surface area contributed by atoms with Gasteiger partial charge in [0.2, 0.25) is 5.91 Å². The summed E-state index contributed by atoms with van der Waals surface area (Å²) in [6.07, 6.45) is 0. The fourth-order valence-electron chi connectivity index (χ4n) is 2.68. The van der Waals surface area contributed by atoms with E-state index in [0.29, 0.717) is 0 Å². The van der Waals surface area contributed by atoms with Crippen LogP contribution >= 0.6 is 0 Å². The predicted molar refractivity (Wildman–Crippen MR) is 89.0 cm³/mol. The highest BCUT2D eigenvalue weighted by atomic mass is 16.1. The topological polar surface area (TPSA) is 46.9 Å². The van der Waals surface area contributed by atoms with Crippen molar-refractivity contribution in [1.82, 2.24) is 9.55 Å². The lowest BCUT2D eigenvalue weighted by Gasteiger charge is -2.11. The third-order valence-electron chi connectivity index (χ3n) is 3.80. The molecule has 0 unspecified atom stereocenters. The maximum absolute atomic E-state index is 12.4. The molecule has 3 aromatic rings. The first-order chi connectivity index (χ1) is 10.5. The van der Waals surface area contributed by atoms with Gasteiger partial charge in [-0.05, 0) is 44.5 Å². The summed E-state index contributed by atoms with van der Waals surface area (Å²) in [5.74, 6) is 0.801. The first-order valence-corrected chi connectivity index (χ1v) is 7.33. The van der Waals surface area contributed by atoms with Crippen LogP contribution < -0.4 is 5.32 Å². The van der Waals surface area contributed by atoms with Gasteiger partial charge in [-0.25, -0.2) is 4.98 Å². The predicted octanol–water partition coefficient (Wildman–Crippen LogP) is 3.60. The number of hydrogen-bond donors (Lipinski definition) is 1. The molecule has 3 rings (SSSR count). The summed E-state index contributed by atoms with van der Waals surface area (Å²) < 4.78 is 1.94. The highest BCUT2D eigenvalue weighted by Gasteiger charge is 2.11. The molecule has 2 aromatic carbocycles. The van der Waals surface area contributed by atoms with Crippen LogP contribution in [0.4, 0.5) is 5.69 Å². The highest BCUT2D eigenvalue weighted by Crippen LogP contribution is 2.18. The Morgan fingerprint density at radius 1 is 1.14 bits per heavy atom. The van der Waals surface area contributed by atoms with Crippen LogP contribution in [0.15, 0.2) is 42.5 Å². The van der Waals surface area contributed by atoms with Crippen molar-refractivity contribution in [2.24, 2.45) is 0 Å². The number of amides is 1. The Morgan fingerprint density at radius 2 is 1.91 bits per heavy atom. The summed E-state index contributed by atoms with van der Waals surface area (Å²) in [5.41, 5.74) is 5.01. The molecular weight excluding hydrogens is 274 g/mol.